The van der Waals surface area contributed by atoms with Crippen LogP contribution >= 0.6 is 12.4 Å². The van der Waals surface area contributed by atoms with Crippen LogP contribution in [0.4, 0.5) is 0 Å². The summed E-state index contributed by atoms with van der Waals surface area (Å²) in [5.74, 6) is 1.65. The van der Waals surface area contributed by atoms with E-state index in [4.69, 9.17) is 9.47 Å². The van der Waals surface area contributed by atoms with Gasteiger partial charge in [0.25, 0.3) is 0 Å². The van der Waals surface area contributed by atoms with Gasteiger partial charge in [-0.05, 0) is 19.1 Å². The maximum absolute atomic E-state index is 5.87. The normalized spacial score (nSPS) is 19.0. The summed E-state index contributed by atoms with van der Waals surface area (Å²) >= 11 is 0. The molecule has 1 aliphatic rings. The first-order valence-electron chi connectivity index (χ1n) is 5.54. The first kappa shape index (κ1) is 13.9. The molecule has 2 rings (SSSR count). The summed E-state index contributed by atoms with van der Waals surface area (Å²) in [5, 5.41) is 3.31. The molecule has 1 aliphatic heterocycles. The van der Waals surface area contributed by atoms with Crippen molar-refractivity contribution >= 4 is 12.4 Å². The minimum absolute atomic E-state index is 0. The fraction of sp³-hybridized carbons (Fsp3) is 0.385. The summed E-state index contributed by atoms with van der Waals surface area (Å²) in [7, 11) is 0. The first-order valence-corrected chi connectivity index (χ1v) is 5.54. The lowest BCUT2D eigenvalue weighted by atomic mass is 10.1. The highest BCUT2D eigenvalue weighted by molar-refractivity contribution is 5.85. The third-order valence-corrected chi connectivity index (χ3v) is 2.67. The van der Waals surface area contributed by atoms with Crippen LogP contribution in [0.15, 0.2) is 36.9 Å². The van der Waals surface area contributed by atoms with Crippen molar-refractivity contribution in [3.63, 3.8) is 0 Å². The molecule has 0 bridgehead atoms. The second kappa shape index (κ2) is 6.52. The first-order chi connectivity index (χ1) is 7.81. The maximum atomic E-state index is 5.87. The van der Waals surface area contributed by atoms with Crippen LogP contribution in [-0.4, -0.2) is 25.3 Å². The zero-order valence-corrected chi connectivity index (χ0v) is 10.7. The van der Waals surface area contributed by atoms with Gasteiger partial charge in [-0.3, -0.25) is 0 Å². The number of ether oxygens (including phenoxy) is 2. The van der Waals surface area contributed by atoms with Gasteiger partial charge in [0, 0.05) is 12.6 Å². The Morgan fingerprint density at radius 2 is 2.18 bits per heavy atom. The van der Waals surface area contributed by atoms with Crippen molar-refractivity contribution in [3.05, 3.63) is 36.9 Å². The predicted octanol–water partition coefficient (Wildman–Crippen LogP) is 2.41. The smallest absolute Gasteiger partial charge is 0.161 e. The highest BCUT2D eigenvalue weighted by Gasteiger charge is 2.25. The summed E-state index contributed by atoms with van der Waals surface area (Å²) in [6, 6.07) is 8.00. The molecule has 94 valence electrons. The van der Waals surface area contributed by atoms with Crippen LogP contribution in [0.25, 0.3) is 0 Å². The average Bonchev–Trinajstić information content (AvgIpc) is 2.35. The van der Waals surface area contributed by atoms with Crippen LogP contribution in [0.2, 0.25) is 0 Å². The Labute approximate surface area is 108 Å². The molecule has 1 heterocycles. The van der Waals surface area contributed by atoms with Gasteiger partial charge in [0.05, 0.1) is 0 Å². The molecule has 1 N–H and O–H groups in total. The maximum Gasteiger partial charge on any atom is 0.161 e. The number of hydrogen-bond donors (Lipinski definition) is 1. The van der Waals surface area contributed by atoms with Gasteiger partial charge in [0.1, 0.15) is 12.7 Å². The van der Waals surface area contributed by atoms with Crippen molar-refractivity contribution in [3.8, 4) is 11.5 Å². The highest BCUT2D eigenvalue weighted by Crippen LogP contribution is 2.31. The molecule has 0 aliphatic carbocycles. The summed E-state index contributed by atoms with van der Waals surface area (Å²) in [5.41, 5.74) is 0. The number of benzene rings is 1. The number of nitrogens with one attached hydrogen (secondary N) is 1. The molecule has 2 unspecified atom stereocenters. The summed E-state index contributed by atoms with van der Waals surface area (Å²) in [4.78, 5) is 0. The van der Waals surface area contributed by atoms with E-state index in [0.29, 0.717) is 6.61 Å². The van der Waals surface area contributed by atoms with E-state index in [0.717, 1.165) is 18.0 Å². The van der Waals surface area contributed by atoms with Crippen molar-refractivity contribution in [2.75, 3.05) is 13.2 Å². The van der Waals surface area contributed by atoms with Gasteiger partial charge >= 0.3 is 0 Å². The molecule has 0 saturated carbocycles. The van der Waals surface area contributed by atoms with E-state index in [1.165, 1.54) is 0 Å². The molecule has 1 aromatic carbocycles. The monoisotopic (exact) mass is 255 g/mol. The van der Waals surface area contributed by atoms with Gasteiger partial charge in [0.2, 0.25) is 0 Å². The zero-order chi connectivity index (χ0) is 11.4. The fourth-order valence-corrected chi connectivity index (χ4v) is 1.68. The van der Waals surface area contributed by atoms with Crippen molar-refractivity contribution in [1.82, 2.24) is 5.32 Å². The molecule has 0 saturated heterocycles. The second-order valence-electron chi connectivity index (χ2n) is 3.90. The largest absolute Gasteiger partial charge is 0.486 e. The SMILES string of the molecule is C=CCNC(C)C1COc2ccccc2O1.Cl. The highest BCUT2D eigenvalue weighted by atomic mass is 35.5. The molecule has 3 nitrogen and oxygen atoms in total. The lowest BCUT2D eigenvalue weighted by Crippen LogP contribution is -2.46. The molecular weight excluding hydrogens is 238 g/mol. The van der Waals surface area contributed by atoms with Gasteiger partial charge < -0.3 is 14.8 Å². The van der Waals surface area contributed by atoms with E-state index < -0.39 is 0 Å². The Kier molecular flexibility index (Phi) is 5.32. The Bertz CT molecular complexity index is 370. The Morgan fingerprint density at radius 1 is 1.47 bits per heavy atom. The topological polar surface area (TPSA) is 30.5 Å². The quantitative estimate of drug-likeness (QED) is 0.839. The number of halogens is 1. The average molecular weight is 256 g/mol. The van der Waals surface area contributed by atoms with Crippen molar-refractivity contribution in [2.45, 2.75) is 19.1 Å². The fourth-order valence-electron chi connectivity index (χ4n) is 1.68. The van der Waals surface area contributed by atoms with E-state index in [2.05, 4.69) is 18.8 Å². The Morgan fingerprint density at radius 3 is 2.88 bits per heavy atom. The Hall–Kier alpha value is -1.19. The van der Waals surface area contributed by atoms with Crippen LogP contribution < -0.4 is 14.8 Å². The zero-order valence-electron chi connectivity index (χ0n) is 9.89. The van der Waals surface area contributed by atoms with Crippen LogP contribution in [0.1, 0.15) is 6.92 Å². The second-order valence-corrected chi connectivity index (χ2v) is 3.90. The summed E-state index contributed by atoms with van der Waals surface area (Å²) < 4.78 is 11.5. The molecule has 0 spiro atoms. The van der Waals surface area contributed by atoms with Gasteiger partial charge in [-0.25, -0.2) is 0 Å². The molecule has 0 amide bonds. The van der Waals surface area contributed by atoms with Gasteiger partial charge in [-0.15, -0.1) is 19.0 Å². The minimum Gasteiger partial charge on any atom is -0.486 e. The summed E-state index contributed by atoms with van der Waals surface area (Å²) in [6.45, 7) is 7.13. The van der Waals surface area contributed by atoms with Crippen LogP contribution in [0.3, 0.4) is 0 Å². The number of hydrogen-bond acceptors (Lipinski definition) is 3. The van der Waals surface area contributed by atoms with Gasteiger partial charge in [-0.2, -0.15) is 0 Å². The van der Waals surface area contributed by atoms with Gasteiger partial charge in [0.15, 0.2) is 11.5 Å². The van der Waals surface area contributed by atoms with Crippen LogP contribution in [-0.2, 0) is 0 Å². The molecule has 4 heteroatoms. The van der Waals surface area contributed by atoms with Crippen LogP contribution in [0.5, 0.6) is 11.5 Å². The van der Waals surface area contributed by atoms with E-state index in [9.17, 15) is 0 Å². The summed E-state index contributed by atoms with van der Waals surface area (Å²) in [6.07, 6.45) is 1.89. The van der Waals surface area contributed by atoms with E-state index in [1.807, 2.05) is 30.3 Å². The third kappa shape index (κ3) is 3.38. The lowest BCUT2D eigenvalue weighted by Gasteiger charge is -2.30. The van der Waals surface area contributed by atoms with Crippen LogP contribution in [0, 0.1) is 0 Å². The molecule has 17 heavy (non-hydrogen) atoms. The number of fused-ring (bicyclic) bond motifs is 1. The van der Waals surface area contributed by atoms with Gasteiger partial charge in [-0.1, -0.05) is 18.2 Å². The van der Waals surface area contributed by atoms with E-state index in [1.54, 1.807) is 0 Å². The van der Waals surface area contributed by atoms with E-state index in [-0.39, 0.29) is 24.6 Å². The van der Waals surface area contributed by atoms with Crippen molar-refractivity contribution < 1.29 is 9.47 Å². The standard InChI is InChI=1S/C13H17NO2.ClH/c1-3-8-14-10(2)13-9-15-11-6-4-5-7-12(11)16-13;/h3-7,10,13-14H,1,8-9H2,2H3;1H. The molecule has 0 radical (unpaired) electrons. The molecule has 1 aromatic rings. The van der Waals surface area contributed by atoms with E-state index >= 15 is 0 Å². The molecular formula is C13H18ClNO2. The molecule has 0 fully saturated rings. The Balaban J connectivity index is 0.00000144. The van der Waals surface area contributed by atoms with Crippen molar-refractivity contribution in [1.29, 1.82) is 0 Å². The molecule has 2 atom stereocenters. The lowest BCUT2D eigenvalue weighted by molar-refractivity contribution is 0.0677. The minimum atomic E-state index is 0. The molecule has 0 aromatic heterocycles. The van der Waals surface area contributed by atoms with Crippen molar-refractivity contribution in [2.24, 2.45) is 0 Å². The number of para-hydroxylation sites is 2. The predicted molar refractivity (Wildman–Crippen MR) is 71.3 cm³/mol. The third-order valence-electron chi connectivity index (χ3n) is 2.67. The number of rotatable bonds is 4.